The van der Waals surface area contributed by atoms with Crippen LogP contribution in [0.3, 0.4) is 0 Å². The van der Waals surface area contributed by atoms with Crippen LogP contribution < -0.4 is 10.6 Å². The normalized spacial score (nSPS) is 14.5. The SMILES string of the molecule is O=C(CNc1ccc(Cl)c(F)c1)NCCC1=CCCCC1. The number of carbonyl (C=O) groups excluding carboxylic acids is 1. The highest BCUT2D eigenvalue weighted by atomic mass is 35.5. The van der Waals surface area contributed by atoms with Crippen LogP contribution in [0.4, 0.5) is 10.1 Å². The van der Waals surface area contributed by atoms with Gasteiger partial charge in [-0.1, -0.05) is 23.3 Å². The van der Waals surface area contributed by atoms with E-state index in [-0.39, 0.29) is 17.5 Å². The first kappa shape index (κ1) is 15.8. The van der Waals surface area contributed by atoms with Crippen LogP contribution in [0.2, 0.25) is 5.02 Å². The van der Waals surface area contributed by atoms with Crippen LogP contribution >= 0.6 is 11.6 Å². The Morgan fingerprint density at radius 3 is 2.90 bits per heavy atom. The average molecular weight is 311 g/mol. The molecule has 0 spiro atoms. The van der Waals surface area contributed by atoms with Gasteiger partial charge in [-0.15, -0.1) is 0 Å². The molecule has 0 saturated carbocycles. The van der Waals surface area contributed by atoms with Gasteiger partial charge in [0.1, 0.15) is 5.82 Å². The van der Waals surface area contributed by atoms with E-state index in [1.165, 1.54) is 30.5 Å². The van der Waals surface area contributed by atoms with E-state index in [0.717, 1.165) is 19.3 Å². The Labute approximate surface area is 129 Å². The van der Waals surface area contributed by atoms with Crippen LogP contribution in [-0.4, -0.2) is 19.0 Å². The summed E-state index contributed by atoms with van der Waals surface area (Å²) in [6.45, 7) is 0.779. The van der Waals surface area contributed by atoms with Crippen LogP contribution in [0.1, 0.15) is 32.1 Å². The summed E-state index contributed by atoms with van der Waals surface area (Å²) < 4.78 is 13.2. The molecule has 0 aliphatic heterocycles. The molecule has 1 aromatic carbocycles. The molecule has 3 nitrogen and oxygen atoms in total. The molecule has 21 heavy (non-hydrogen) atoms. The number of rotatable bonds is 6. The van der Waals surface area contributed by atoms with Gasteiger partial charge in [-0.2, -0.15) is 0 Å². The van der Waals surface area contributed by atoms with Crippen LogP contribution in [0.5, 0.6) is 0 Å². The maximum atomic E-state index is 13.2. The smallest absolute Gasteiger partial charge is 0.239 e. The Morgan fingerprint density at radius 2 is 2.19 bits per heavy atom. The van der Waals surface area contributed by atoms with Gasteiger partial charge in [0.25, 0.3) is 0 Å². The molecule has 0 fully saturated rings. The van der Waals surface area contributed by atoms with Crippen molar-refractivity contribution in [2.24, 2.45) is 0 Å². The Kier molecular flexibility index (Phi) is 6.05. The highest BCUT2D eigenvalue weighted by Crippen LogP contribution is 2.19. The molecule has 1 aliphatic rings. The second kappa shape index (κ2) is 8.03. The zero-order chi connectivity index (χ0) is 15.1. The molecule has 114 valence electrons. The predicted octanol–water partition coefficient (Wildman–Crippen LogP) is 3.90. The van der Waals surface area contributed by atoms with Crippen molar-refractivity contribution in [2.45, 2.75) is 32.1 Å². The van der Waals surface area contributed by atoms with Crippen molar-refractivity contribution in [3.05, 3.63) is 40.7 Å². The minimum Gasteiger partial charge on any atom is -0.376 e. The number of benzene rings is 1. The molecule has 0 atom stereocenters. The van der Waals surface area contributed by atoms with Crippen LogP contribution in [0.25, 0.3) is 0 Å². The molecule has 1 aliphatic carbocycles. The minimum atomic E-state index is -0.494. The Morgan fingerprint density at radius 1 is 1.33 bits per heavy atom. The monoisotopic (exact) mass is 310 g/mol. The van der Waals surface area contributed by atoms with E-state index in [4.69, 9.17) is 11.6 Å². The molecule has 2 N–H and O–H groups in total. The number of carbonyl (C=O) groups is 1. The van der Waals surface area contributed by atoms with E-state index in [2.05, 4.69) is 16.7 Å². The summed E-state index contributed by atoms with van der Waals surface area (Å²) in [7, 11) is 0. The fourth-order valence-electron chi connectivity index (χ4n) is 2.35. The highest BCUT2D eigenvalue weighted by molar-refractivity contribution is 6.30. The van der Waals surface area contributed by atoms with Gasteiger partial charge < -0.3 is 10.6 Å². The third-order valence-corrected chi connectivity index (χ3v) is 3.83. The van der Waals surface area contributed by atoms with Crippen molar-refractivity contribution in [3.63, 3.8) is 0 Å². The molecule has 2 rings (SSSR count). The first-order valence-corrected chi connectivity index (χ1v) is 7.66. The van der Waals surface area contributed by atoms with Crippen molar-refractivity contribution >= 4 is 23.2 Å². The first-order chi connectivity index (χ1) is 10.1. The molecule has 0 aromatic heterocycles. The molecule has 1 amide bonds. The zero-order valence-electron chi connectivity index (χ0n) is 11.9. The van der Waals surface area contributed by atoms with Gasteiger partial charge in [0.05, 0.1) is 11.6 Å². The molecular formula is C16H20ClFN2O. The van der Waals surface area contributed by atoms with Crippen molar-refractivity contribution < 1.29 is 9.18 Å². The highest BCUT2D eigenvalue weighted by Gasteiger charge is 2.06. The molecule has 0 radical (unpaired) electrons. The molecule has 0 heterocycles. The minimum absolute atomic E-state index is 0.0748. The first-order valence-electron chi connectivity index (χ1n) is 7.28. The summed E-state index contributed by atoms with van der Waals surface area (Å²) in [4.78, 5) is 11.7. The van der Waals surface area contributed by atoms with Crippen molar-refractivity contribution in [3.8, 4) is 0 Å². The molecule has 1 aromatic rings. The summed E-state index contributed by atoms with van der Waals surface area (Å²) >= 11 is 5.60. The summed E-state index contributed by atoms with van der Waals surface area (Å²) in [6.07, 6.45) is 8.04. The summed E-state index contributed by atoms with van der Waals surface area (Å²) in [5.41, 5.74) is 1.98. The van der Waals surface area contributed by atoms with Gasteiger partial charge in [-0.3, -0.25) is 4.79 Å². The lowest BCUT2D eigenvalue weighted by molar-refractivity contribution is -0.119. The van der Waals surface area contributed by atoms with E-state index in [1.54, 1.807) is 6.07 Å². The number of halogens is 2. The number of amides is 1. The van der Waals surface area contributed by atoms with Gasteiger partial charge in [-0.05, 0) is 50.3 Å². The largest absolute Gasteiger partial charge is 0.376 e. The average Bonchev–Trinajstić information content (AvgIpc) is 2.49. The molecule has 0 saturated heterocycles. The predicted molar refractivity (Wildman–Crippen MR) is 84.1 cm³/mol. The fraction of sp³-hybridized carbons (Fsp3) is 0.438. The van der Waals surface area contributed by atoms with E-state index < -0.39 is 5.82 Å². The third kappa shape index (κ3) is 5.38. The number of allylic oxidation sites excluding steroid dienone is 1. The zero-order valence-corrected chi connectivity index (χ0v) is 12.7. The van der Waals surface area contributed by atoms with E-state index in [1.807, 2.05) is 0 Å². The lowest BCUT2D eigenvalue weighted by atomic mass is 9.97. The fourth-order valence-corrected chi connectivity index (χ4v) is 2.46. The maximum absolute atomic E-state index is 13.2. The van der Waals surface area contributed by atoms with Crippen molar-refractivity contribution in [1.29, 1.82) is 0 Å². The topological polar surface area (TPSA) is 41.1 Å². The molecule has 0 unspecified atom stereocenters. The second-order valence-electron chi connectivity index (χ2n) is 5.19. The Balaban J connectivity index is 1.67. The van der Waals surface area contributed by atoms with Crippen molar-refractivity contribution in [2.75, 3.05) is 18.4 Å². The van der Waals surface area contributed by atoms with Crippen LogP contribution in [0, 0.1) is 5.82 Å². The molecular weight excluding hydrogens is 291 g/mol. The number of hydrogen-bond acceptors (Lipinski definition) is 2. The summed E-state index contributed by atoms with van der Waals surface area (Å²) in [5, 5.41) is 5.81. The van der Waals surface area contributed by atoms with Gasteiger partial charge in [0.2, 0.25) is 5.91 Å². The van der Waals surface area contributed by atoms with Gasteiger partial charge in [0, 0.05) is 12.2 Å². The lowest BCUT2D eigenvalue weighted by Crippen LogP contribution is -2.30. The second-order valence-corrected chi connectivity index (χ2v) is 5.60. The Hall–Kier alpha value is -1.55. The van der Waals surface area contributed by atoms with Crippen LogP contribution in [0.15, 0.2) is 29.8 Å². The molecule has 0 bridgehead atoms. The maximum Gasteiger partial charge on any atom is 0.239 e. The molecule has 5 heteroatoms. The number of nitrogens with one attached hydrogen (secondary N) is 2. The lowest BCUT2D eigenvalue weighted by Gasteiger charge is -2.13. The van der Waals surface area contributed by atoms with Crippen molar-refractivity contribution in [1.82, 2.24) is 5.32 Å². The van der Waals surface area contributed by atoms with Gasteiger partial charge in [-0.25, -0.2) is 4.39 Å². The summed E-state index contributed by atoms with van der Waals surface area (Å²) in [6, 6.07) is 4.39. The van der Waals surface area contributed by atoms with Gasteiger partial charge >= 0.3 is 0 Å². The van der Waals surface area contributed by atoms with E-state index in [9.17, 15) is 9.18 Å². The van der Waals surface area contributed by atoms with Gasteiger partial charge in [0.15, 0.2) is 0 Å². The van der Waals surface area contributed by atoms with E-state index in [0.29, 0.717) is 12.2 Å². The number of hydrogen-bond donors (Lipinski definition) is 2. The standard InChI is InChI=1S/C16H20ClFN2O/c17-14-7-6-13(10-15(14)18)20-11-16(21)19-9-8-12-4-2-1-3-5-12/h4,6-7,10,20H,1-3,5,8-9,11H2,(H,19,21). The third-order valence-electron chi connectivity index (χ3n) is 3.53. The quantitative estimate of drug-likeness (QED) is 0.782. The Bertz CT molecular complexity index is 531. The van der Waals surface area contributed by atoms with Crippen LogP contribution in [-0.2, 0) is 4.79 Å². The number of anilines is 1. The summed E-state index contributed by atoms with van der Waals surface area (Å²) in [5.74, 6) is -0.590. The van der Waals surface area contributed by atoms with E-state index >= 15 is 0 Å².